The number of fused-ring (bicyclic) bond motifs is 1. The smallest absolute Gasteiger partial charge is 0.310 e. The lowest BCUT2D eigenvalue weighted by atomic mass is 9.99. The van der Waals surface area contributed by atoms with Crippen molar-refractivity contribution < 1.29 is 22.7 Å². The first-order valence-electron chi connectivity index (χ1n) is 8.35. The van der Waals surface area contributed by atoms with E-state index in [-0.39, 0.29) is 18.5 Å². The van der Waals surface area contributed by atoms with Gasteiger partial charge in [0, 0.05) is 7.05 Å². The summed E-state index contributed by atoms with van der Waals surface area (Å²) in [6, 6.07) is 5.67. The average molecular weight is 369 g/mol. The first-order valence-corrected chi connectivity index (χ1v) is 10.2. The van der Waals surface area contributed by atoms with Crippen molar-refractivity contribution in [3.8, 4) is 5.75 Å². The zero-order chi connectivity index (χ0) is 18.8. The SMILES string of the molecule is CN(C[C@H]1CCc2cc(CC(=O)OC(C)(C)C)ccc2O1)S(C)(=O)=O. The summed E-state index contributed by atoms with van der Waals surface area (Å²) >= 11 is 0. The Morgan fingerprint density at radius 2 is 2.04 bits per heavy atom. The zero-order valence-corrected chi connectivity index (χ0v) is 16.4. The molecule has 0 aliphatic carbocycles. The molecule has 1 aliphatic heterocycles. The molecule has 0 aromatic heterocycles. The van der Waals surface area contributed by atoms with Gasteiger partial charge in [-0.15, -0.1) is 0 Å². The van der Waals surface area contributed by atoms with Crippen LogP contribution in [0, 0.1) is 0 Å². The fraction of sp³-hybridized carbons (Fsp3) is 0.611. The molecular formula is C18H27NO5S. The van der Waals surface area contributed by atoms with Crippen molar-refractivity contribution in [3.63, 3.8) is 0 Å². The van der Waals surface area contributed by atoms with Crippen LogP contribution in [0.15, 0.2) is 18.2 Å². The van der Waals surface area contributed by atoms with Crippen molar-refractivity contribution in [2.75, 3.05) is 19.8 Å². The van der Waals surface area contributed by atoms with E-state index in [1.165, 1.54) is 10.6 Å². The molecule has 0 N–H and O–H groups in total. The maximum atomic E-state index is 11.9. The van der Waals surface area contributed by atoms with E-state index in [0.29, 0.717) is 6.54 Å². The van der Waals surface area contributed by atoms with Gasteiger partial charge in [-0.3, -0.25) is 4.79 Å². The molecule has 0 spiro atoms. The Balaban J connectivity index is 2.00. The highest BCUT2D eigenvalue weighted by Crippen LogP contribution is 2.29. The van der Waals surface area contributed by atoms with Crippen LogP contribution >= 0.6 is 0 Å². The van der Waals surface area contributed by atoms with Crippen LogP contribution in [0.2, 0.25) is 0 Å². The van der Waals surface area contributed by atoms with E-state index in [1.54, 1.807) is 7.05 Å². The van der Waals surface area contributed by atoms with Crippen LogP contribution in [0.1, 0.15) is 38.3 Å². The Morgan fingerprint density at radius 3 is 2.64 bits per heavy atom. The molecule has 6 nitrogen and oxygen atoms in total. The third-order valence-corrected chi connectivity index (χ3v) is 5.23. The number of rotatable bonds is 5. The molecule has 1 aliphatic rings. The molecule has 1 aromatic carbocycles. The molecule has 0 amide bonds. The standard InChI is InChI=1S/C18H27NO5S/c1-18(2,3)24-17(20)11-13-6-9-16-14(10-13)7-8-15(23-16)12-19(4)25(5,21)22/h6,9-10,15H,7-8,11-12H2,1-5H3/t15-/m1/s1. The number of aryl methyl sites for hydroxylation is 1. The quantitative estimate of drug-likeness (QED) is 0.744. The van der Waals surface area contributed by atoms with E-state index in [1.807, 2.05) is 39.0 Å². The second kappa shape index (κ2) is 7.33. The molecular weight excluding hydrogens is 342 g/mol. The molecule has 0 saturated heterocycles. The van der Waals surface area contributed by atoms with Gasteiger partial charge in [0.15, 0.2) is 0 Å². The molecule has 0 saturated carbocycles. The number of nitrogens with zero attached hydrogens (tertiary/aromatic N) is 1. The number of sulfonamides is 1. The van der Waals surface area contributed by atoms with E-state index in [4.69, 9.17) is 9.47 Å². The number of esters is 1. The molecule has 0 unspecified atom stereocenters. The van der Waals surface area contributed by atoms with Gasteiger partial charge in [0.25, 0.3) is 0 Å². The van der Waals surface area contributed by atoms with Crippen molar-refractivity contribution in [1.82, 2.24) is 4.31 Å². The number of benzene rings is 1. The highest BCUT2D eigenvalue weighted by atomic mass is 32.2. The van der Waals surface area contributed by atoms with Crippen LogP contribution < -0.4 is 4.74 Å². The summed E-state index contributed by atoms with van der Waals surface area (Å²) in [5.74, 6) is 0.503. The van der Waals surface area contributed by atoms with Gasteiger partial charge in [-0.1, -0.05) is 12.1 Å². The minimum atomic E-state index is -3.21. The minimum Gasteiger partial charge on any atom is -0.489 e. The first-order chi connectivity index (χ1) is 11.4. The zero-order valence-electron chi connectivity index (χ0n) is 15.5. The summed E-state index contributed by atoms with van der Waals surface area (Å²) in [5, 5.41) is 0. The number of likely N-dealkylation sites (N-methyl/N-ethyl adjacent to an activating group) is 1. The van der Waals surface area contributed by atoms with Crippen molar-refractivity contribution in [3.05, 3.63) is 29.3 Å². The van der Waals surface area contributed by atoms with E-state index in [2.05, 4.69) is 0 Å². The molecule has 1 aromatic rings. The maximum Gasteiger partial charge on any atom is 0.310 e. The summed E-state index contributed by atoms with van der Waals surface area (Å²) in [7, 11) is -1.66. The van der Waals surface area contributed by atoms with E-state index < -0.39 is 15.6 Å². The molecule has 0 radical (unpaired) electrons. The second-order valence-corrected chi connectivity index (χ2v) is 9.62. The van der Waals surface area contributed by atoms with Gasteiger partial charge in [-0.05, 0) is 50.8 Å². The van der Waals surface area contributed by atoms with Crippen LogP contribution in [0.3, 0.4) is 0 Å². The fourth-order valence-electron chi connectivity index (χ4n) is 2.70. The lowest BCUT2D eigenvalue weighted by Gasteiger charge is -2.29. The molecule has 0 fully saturated rings. The Hall–Kier alpha value is -1.60. The summed E-state index contributed by atoms with van der Waals surface area (Å²) in [6.45, 7) is 5.87. The number of carbonyl (C=O) groups excluding carboxylic acids is 1. The van der Waals surface area contributed by atoms with Gasteiger partial charge in [0.05, 0.1) is 19.2 Å². The summed E-state index contributed by atoms with van der Waals surface area (Å²) in [6.07, 6.45) is 2.78. The van der Waals surface area contributed by atoms with Crippen molar-refractivity contribution in [2.45, 2.75) is 51.7 Å². The lowest BCUT2D eigenvalue weighted by molar-refractivity contribution is -0.153. The average Bonchev–Trinajstić information content (AvgIpc) is 2.44. The van der Waals surface area contributed by atoms with Crippen LogP contribution in [0.25, 0.3) is 0 Å². The predicted molar refractivity (Wildman–Crippen MR) is 96.2 cm³/mol. The van der Waals surface area contributed by atoms with Crippen molar-refractivity contribution in [2.24, 2.45) is 0 Å². The molecule has 1 atom stereocenters. The van der Waals surface area contributed by atoms with Gasteiger partial charge in [-0.25, -0.2) is 12.7 Å². The Labute approximate surface area is 150 Å². The van der Waals surface area contributed by atoms with Crippen LogP contribution in [-0.4, -0.2) is 50.2 Å². The van der Waals surface area contributed by atoms with Crippen LogP contribution in [-0.2, 0) is 32.4 Å². The molecule has 7 heteroatoms. The molecule has 25 heavy (non-hydrogen) atoms. The normalized spacial score (nSPS) is 17.8. The van der Waals surface area contributed by atoms with Crippen LogP contribution in [0.4, 0.5) is 0 Å². The number of hydrogen-bond donors (Lipinski definition) is 0. The number of hydrogen-bond acceptors (Lipinski definition) is 5. The Kier molecular flexibility index (Phi) is 5.79. The lowest BCUT2D eigenvalue weighted by Crippen LogP contribution is -2.38. The predicted octanol–water partition coefficient (Wildman–Crippen LogP) is 2.16. The number of ether oxygens (including phenoxy) is 2. The van der Waals surface area contributed by atoms with Crippen molar-refractivity contribution >= 4 is 16.0 Å². The van der Waals surface area contributed by atoms with Gasteiger partial charge >= 0.3 is 5.97 Å². The van der Waals surface area contributed by atoms with Gasteiger partial charge in [0.1, 0.15) is 17.5 Å². The first kappa shape index (κ1) is 19.7. The largest absolute Gasteiger partial charge is 0.489 e. The minimum absolute atomic E-state index is 0.163. The third-order valence-electron chi connectivity index (χ3n) is 3.95. The van der Waals surface area contributed by atoms with E-state index >= 15 is 0 Å². The van der Waals surface area contributed by atoms with Gasteiger partial charge < -0.3 is 9.47 Å². The molecule has 1 heterocycles. The summed E-state index contributed by atoms with van der Waals surface area (Å²) < 4.78 is 35.6. The highest BCUT2D eigenvalue weighted by Gasteiger charge is 2.24. The van der Waals surface area contributed by atoms with E-state index in [0.717, 1.165) is 29.7 Å². The third kappa shape index (κ3) is 6.01. The Bertz CT molecular complexity index is 736. The topological polar surface area (TPSA) is 72.9 Å². The molecule has 2 rings (SSSR count). The summed E-state index contributed by atoms with van der Waals surface area (Å²) in [5.41, 5.74) is 1.44. The highest BCUT2D eigenvalue weighted by molar-refractivity contribution is 7.88. The summed E-state index contributed by atoms with van der Waals surface area (Å²) in [4.78, 5) is 11.9. The second-order valence-electron chi connectivity index (χ2n) is 7.53. The Morgan fingerprint density at radius 1 is 1.36 bits per heavy atom. The van der Waals surface area contributed by atoms with Gasteiger partial charge in [-0.2, -0.15) is 0 Å². The van der Waals surface area contributed by atoms with Crippen molar-refractivity contribution in [1.29, 1.82) is 0 Å². The molecule has 0 bridgehead atoms. The van der Waals surface area contributed by atoms with E-state index in [9.17, 15) is 13.2 Å². The monoisotopic (exact) mass is 369 g/mol. The fourth-order valence-corrected chi connectivity index (χ4v) is 3.14. The van der Waals surface area contributed by atoms with Gasteiger partial charge in [0.2, 0.25) is 10.0 Å². The van der Waals surface area contributed by atoms with Crippen LogP contribution in [0.5, 0.6) is 5.75 Å². The number of carbonyl (C=O) groups is 1. The maximum absolute atomic E-state index is 11.9. The molecule has 140 valence electrons.